The van der Waals surface area contributed by atoms with E-state index in [0.29, 0.717) is 49.5 Å². The van der Waals surface area contributed by atoms with E-state index in [2.05, 4.69) is 16.5 Å². The van der Waals surface area contributed by atoms with Gasteiger partial charge < -0.3 is 47.4 Å². The lowest BCUT2D eigenvalue weighted by molar-refractivity contribution is -0.302. The van der Waals surface area contributed by atoms with E-state index in [9.17, 15) is 19.5 Å². The highest BCUT2D eigenvalue weighted by molar-refractivity contribution is 5.85. The number of likely N-dealkylation sites (N-methyl/N-ethyl adjacent to an activating group) is 1. The number of pyridine rings is 1. The average molecular weight is 948 g/mol. The zero-order valence-corrected chi connectivity index (χ0v) is 41.4. The largest absolute Gasteiger partial charge is 0.463 e. The van der Waals surface area contributed by atoms with Crippen molar-refractivity contribution in [2.24, 2.45) is 23.7 Å². The third-order valence-electron chi connectivity index (χ3n) is 14.4. The van der Waals surface area contributed by atoms with Crippen LogP contribution in [0.3, 0.4) is 0 Å². The van der Waals surface area contributed by atoms with Crippen LogP contribution in [0.5, 0.6) is 0 Å². The van der Waals surface area contributed by atoms with E-state index in [-0.39, 0.29) is 43.7 Å². The molecule has 3 aliphatic heterocycles. The summed E-state index contributed by atoms with van der Waals surface area (Å²) in [7, 11) is 3.41. The zero-order chi connectivity index (χ0) is 49.5. The normalized spacial score (nSPS) is 33.9. The van der Waals surface area contributed by atoms with Crippen LogP contribution in [0, 0.1) is 23.7 Å². The SMILES string of the molecule is C=CCN(C)[C@@H]1C[C@H](C)O[C@H](O[C@@H]2[C@@H](C)[C@H](OC(=O)Cc3ccccn3)[C@@H](C)C(=O)O[C@H](CC)[C@@]3(C)OC(=O)N(CCCCn4cnc(-c5ccco5)c4)[C@@H]3[C@@H](C)C(=O)[C@H](C)C[C@@]2(C)OC)[C@H]1O. The number of furan rings is 1. The second-order valence-corrected chi connectivity index (χ2v) is 19.5. The number of carbonyl (C=O) groups excluding carboxylic acids is 4. The maximum absolute atomic E-state index is 15.0. The molecule has 14 atom stereocenters. The van der Waals surface area contributed by atoms with Crippen molar-refractivity contribution < 1.29 is 57.1 Å². The zero-order valence-electron chi connectivity index (χ0n) is 41.4. The summed E-state index contributed by atoms with van der Waals surface area (Å²) in [6, 6.07) is 7.68. The lowest BCUT2D eigenvalue weighted by atomic mass is 9.73. The van der Waals surface area contributed by atoms with Gasteiger partial charge in [-0.05, 0) is 91.1 Å². The van der Waals surface area contributed by atoms with E-state index < -0.39 is 89.7 Å². The summed E-state index contributed by atoms with van der Waals surface area (Å²) in [5, 5.41) is 11.9. The van der Waals surface area contributed by atoms with Gasteiger partial charge in [0.15, 0.2) is 17.7 Å². The Morgan fingerprint density at radius 3 is 2.46 bits per heavy atom. The predicted octanol–water partition coefficient (Wildman–Crippen LogP) is 6.66. The molecule has 3 aromatic rings. The van der Waals surface area contributed by atoms with E-state index in [1.807, 2.05) is 56.5 Å². The number of unbranched alkanes of at least 4 members (excludes halogenated alkanes) is 1. The number of methoxy groups -OCH3 is 1. The first-order chi connectivity index (χ1) is 32.3. The fraction of sp³-hybridized carbons (Fsp3) is 0.647. The van der Waals surface area contributed by atoms with Crippen molar-refractivity contribution in [3.8, 4) is 11.5 Å². The summed E-state index contributed by atoms with van der Waals surface area (Å²) in [4.78, 5) is 70.2. The van der Waals surface area contributed by atoms with Crippen molar-refractivity contribution in [1.29, 1.82) is 0 Å². The third kappa shape index (κ3) is 11.6. The van der Waals surface area contributed by atoms with Gasteiger partial charge in [0.2, 0.25) is 0 Å². The Morgan fingerprint density at radius 1 is 1.04 bits per heavy atom. The van der Waals surface area contributed by atoms with Gasteiger partial charge in [0.25, 0.3) is 0 Å². The number of Topliss-reactive ketones (excluding diaryl/α,β-unsaturated/α-hetero) is 1. The molecule has 0 radical (unpaired) electrons. The van der Waals surface area contributed by atoms with Gasteiger partial charge in [0, 0.05) is 62.9 Å². The number of carbonyl (C=O) groups is 4. The minimum Gasteiger partial charge on any atom is -0.463 e. The van der Waals surface area contributed by atoms with Crippen LogP contribution in [0.15, 0.2) is 72.4 Å². The molecular weight excluding hydrogens is 875 g/mol. The molecule has 0 spiro atoms. The van der Waals surface area contributed by atoms with E-state index in [1.165, 1.54) is 7.11 Å². The van der Waals surface area contributed by atoms with Crippen molar-refractivity contribution in [2.75, 3.05) is 27.2 Å². The molecule has 0 saturated carbocycles. The Bertz CT molecular complexity index is 2150. The van der Waals surface area contributed by atoms with E-state index in [4.69, 9.17) is 32.8 Å². The number of esters is 2. The number of ketones is 1. The van der Waals surface area contributed by atoms with Gasteiger partial charge >= 0.3 is 18.0 Å². The molecule has 0 bridgehead atoms. The molecule has 6 rings (SSSR count). The van der Waals surface area contributed by atoms with E-state index >= 15 is 4.79 Å². The van der Waals surface area contributed by atoms with Gasteiger partial charge in [-0.3, -0.25) is 24.3 Å². The molecule has 374 valence electrons. The highest BCUT2D eigenvalue weighted by Crippen LogP contribution is 2.44. The number of ether oxygens (including phenoxy) is 6. The first-order valence-corrected chi connectivity index (χ1v) is 24.1. The maximum Gasteiger partial charge on any atom is 0.410 e. The number of hydrogen-bond acceptors (Lipinski definition) is 15. The van der Waals surface area contributed by atoms with E-state index in [0.717, 1.165) is 0 Å². The molecule has 3 aliphatic rings. The first-order valence-electron chi connectivity index (χ1n) is 24.1. The molecule has 1 amide bonds. The number of hydrogen-bond donors (Lipinski definition) is 1. The lowest BCUT2D eigenvalue weighted by Gasteiger charge is -2.48. The summed E-state index contributed by atoms with van der Waals surface area (Å²) in [6.07, 6.45) is 4.03. The fourth-order valence-electron chi connectivity index (χ4n) is 10.8. The molecule has 3 fully saturated rings. The number of amides is 1. The second-order valence-electron chi connectivity index (χ2n) is 19.5. The molecule has 17 nitrogen and oxygen atoms in total. The number of aliphatic hydroxyl groups is 1. The molecule has 1 N–H and O–H groups in total. The molecule has 6 heterocycles. The minimum absolute atomic E-state index is 0.105. The Labute approximate surface area is 400 Å². The summed E-state index contributed by atoms with van der Waals surface area (Å²) >= 11 is 0. The van der Waals surface area contributed by atoms with Gasteiger partial charge in [-0.25, -0.2) is 9.78 Å². The van der Waals surface area contributed by atoms with Gasteiger partial charge in [-0.2, -0.15) is 0 Å². The highest BCUT2D eigenvalue weighted by Gasteiger charge is 2.60. The van der Waals surface area contributed by atoms with Gasteiger partial charge in [0.05, 0.1) is 54.5 Å². The number of nitrogens with zero attached hydrogens (tertiary/aromatic N) is 5. The van der Waals surface area contributed by atoms with Crippen molar-refractivity contribution >= 4 is 23.8 Å². The van der Waals surface area contributed by atoms with Crippen LogP contribution in [0.25, 0.3) is 11.5 Å². The number of aryl methyl sites for hydroxylation is 1. The topological polar surface area (TPSA) is 194 Å². The number of fused-ring (bicyclic) bond motifs is 1. The number of cyclic esters (lactones) is 1. The van der Waals surface area contributed by atoms with Crippen LogP contribution in [0.4, 0.5) is 4.79 Å². The van der Waals surface area contributed by atoms with Crippen molar-refractivity contribution in [3.05, 3.63) is 73.7 Å². The van der Waals surface area contributed by atoms with Gasteiger partial charge in [-0.1, -0.05) is 39.8 Å². The molecular formula is C51H73N5O12. The van der Waals surface area contributed by atoms with Crippen LogP contribution in [0.2, 0.25) is 0 Å². The third-order valence-corrected chi connectivity index (χ3v) is 14.4. The molecule has 0 aliphatic carbocycles. The molecule has 68 heavy (non-hydrogen) atoms. The Balaban J connectivity index is 1.35. The quantitative estimate of drug-likeness (QED) is 0.0693. The number of rotatable bonds is 16. The summed E-state index contributed by atoms with van der Waals surface area (Å²) in [6.45, 7) is 19.6. The second kappa shape index (κ2) is 22.7. The standard InChI is InChI=1S/C51H73N5O12/c1-12-22-54(10)38-26-32(4)64-48(43(38)59)67-46-34(6)44(66-41(57)27-36-19-14-15-21-52-36)35(7)47(60)65-40(13-2)51(9)45(33(5)42(58)31(3)28-50(46,8)62-11)56(49(61)68-51)24-17-16-23-55-29-37(53-30-55)39-20-18-25-63-39/h12,14-15,18-21,25,29-35,38,40,43-46,48,59H,1,13,16-17,22-24,26-28H2,2-11H3/t31-,32+,33+,34+,35-,38-,40-,43+,44+,45-,46-,48-,50-,51-/m1/s1. The van der Waals surface area contributed by atoms with Crippen LogP contribution < -0.4 is 0 Å². The minimum atomic E-state index is -1.45. The van der Waals surface area contributed by atoms with Gasteiger partial charge in [0.1, 0.15) is 29.8 Å². The number of imidazole rings is 1. The molecule has 0 unspecified atom stereocenters. The summed E-state index contributed by atoms with van der Waals surface area (Å²) in [5.41, 5.74) is -1.58. The Hall–Kier alpha value is -4.94. The summed E-state index contributed by atoms with van der Waals surface area (Å²) < 4.78 is 46.1. The molecule has 0 aromatic carbocycles. The predicted molar refractivity (Wildman–Crippen MR) is 251 cm³/mol. The summed E-state index contributed by atoms with van der Waals surface area (Å²) in [5.74, 6) is -4.27. The monoisotopic (exact) mass is 948 g/mol. The molecule has 17 heteroatoms. The smallest absolute Gasteiger partial charge is 0.410 e. The van der Waals surface area contributed by atoms with Crippen LogP contribution in [-0.4, -0.2) is 141 Å². The Kier molecular flexibility index (Phi) is 17.5. The fourth-order valence-corrected chi connectivity index (χ4v) is 10.8. The van der Waals surface area contributed by atoms with E-state index in [1.54, 1.807) is 81.7 Å². The van der Waals surface area contributed by atoms with Crippen molar-refractivity contribution in [3.63, 3.8) is 0 Å². The molecule has 3 saturated heterocycles. The maximum atomic E-state index is 15.0. The first kappa shape index (κ1) is 52.4. The number of aliphatic hydroxyl groups excluding tert-OH is 1. The number of aromatic nitrogens is 3. The van der Waals surface area contributed by atoms with Crippen LogP contribution >= 0.6 is 0 Å². The van der Waals surface area contributed by atoms with Crippen LogP contribution in [-0.2, 0) is 55.8 Å². The van der Waals surface area contributed by atoms with Gasteiger partial charge in [-0.15, -0.1) is 6.58 Å². The average Bonchev–Trinajstić information content (AvgIpc) is 4.08. The molecule has 3 aromatic heterocycles. The Morgan fingerprint density at radius 2 is 1.79 bits per heavy atom. The highest BCUT2D eigenvalue weighted by atomic mass is 16.7. The van der Waals surface area contributed by atoms with Crippen molar-refractivity contribution in [2.45, 2.75) is 161 Å². The lowest BCUT2D eigenvalue weighted by Crippen LogP contribution is -2.61. The van der Waals surface area contributed by atoms with Crippen molar-refractivity contribution in [1.82, 2.24) is 24.3 Å². The van der Waals surface area contributed by atoms with Crippen LogP contribution in [0.1, 0.15) is 93.2 Å².